The zero-order chi connectivity index (χ0) is 9.53. The number of phosphoric ester groups is 1. The van der Waals surface area contributed by atoms with Crippen molar-refractivity contribution in [2.24, 2.45) is 0 Å². The number of epoxide rings is 1. The van der Waals surface area contributed by atoms with Gasteiger partial charge in [0.2, 0.25) is 0 Å². The van der Waals surface area contributed by atoms with E-state index in [0.717, 1.165) is 25.7 Å². The van der Waals surface area contributed by atoms with Crippen LogP contribution >= 0.6 is 7.82 Å². The molecule has 1 aliphatic heterocycles. The highest BCUT2D eigenvalue weighted by Crippen LogP contribution is 2.50. The van der Waals surface area contributed by atoms with Crippen molar-refractivity contribution in [3.63, 3.8) is 0 Å². The van der Waals surface area contributed by atoms with Crippen LogP contribution in [-0.4, -0.2) is 28.1 Å². The van der Waals surface area contributed by atoms with E-state index in [0.29, 0.717) is 0 Å². The molecule has 0 aromatic rings. The van der Waals surface area contributed by atoms with Gasteiger partial charge >= 0.3 is 7.82 Å². The van der Waals surface area contributed by atoms with Gasteiger partial charge in [-0.15, -0.1) is 0 Å². The summed E-state index contributed by atoms with van der Waals surface area (Å²) >= 11 is 0. The second-order valence-corrected chi connectivity index (χ2v) is 4.92. The molecule has 0 radical (unpaired) electrons. The number of fused-ring (bicyclic) bond motifs is 1. The molecule has 5 nitrogen and oxygen atoms in total. The van der Waals surface area contributed by atoms with Gasteiger partial charge in [-0.25, -0.2) is 4.57 Å². The molecule has 76 valence electrons. The first-order valence-corrected chi connectivity index (χ1v) is 5.93. The molecule has 13 heavy (non-hydrogen) atoms. The Bertz CT molecular complexity index is 249. The Balaban J connectivity index is 1.85. The highest BCUT2D eigenvalue weighted by atomic mass is 31.2. The summed E-state index contributed by atoms with van der Waals surface area (Å²) in [5.74, 6) is 0. The topological polar surface area (TPSA) is 79.3 Å². The second kappa shape index (κ2) is 3.04. The molecule has 0 spiro atoms. The molecule has 2 unspecified atom stereocenters. The lowest BCUT2D eigenvalue weighted by atomic mass is 9.90. The van der Waals surface area contributed by atoms with E-state index in [1.54, 1.807) is 0 Å². The molecular formula is C7H13O5P. The van der Waals surface area contributed by atoms with Gasteiger partial charge in [0.15, 0.2) is 0 Å². The summed E-state index contributed by atoms with van der Waals surface area (Å²) in [5, 5.41) is 0. The van der Waals surface area contributed by atoms with Gasteiger partial charge in [0, 0.05) is 0 Å². The van der Waals surface area contributed by atoms with Gasteiger partial charge in [-0.2, -0.15) is 0 Å². The van der Waals surface area contributed by atoms with Crippen LogP contribution in [-0.2, 0) is 13.8 Å². The Labute approximate surface area is 76.3 Å². The molecule has 0 bridgehead atoms. The molecule has 1 heterocycles. The van der Waals surface area contributed by atoms with Gasteiger partial charge < -0.3 is 14.5 Å². The van der Waals surface area contributed by atoms with E-state index in [4.69, 9.17) is 14.5 Å². The van der Waals surface area contributed by atoms with Crippen LogP contribution in [0.1, 0.15) is 25.7 Å². The third kappa shape index (κ3) is 2.11. The highest BCUT2D eigenvalue weighted by Gasteiger charge is 2.57. The summed E-state index contributed by atoms with van der Waals surface area (Å²) in [5.41, 5.74) is -0.362. The van der Waals surface area contributed by atoms with E-state index in [9.17, 15) is 4.57 Å². The molecule has 0 aromatic heterocycles. The van der Waals surface area contributed by atoms with E-state index in [1.165, 1.54) is 0 Å². The van der Waals surface area contributed by atoms with Crippen molar-refractivity contribution in [3.8, 4) is 0 Å². The Morgan fingerprint density at radius 2 is 2.31 bits per heavy atom. The molecule has 1 aliphatic carbocycles. The minimum Gasteiger partial charge on any atom is -0.364 e. The second-order valence-electron chi connectivity index (χ2n) is 3.68. The zero-order valence-electron chi connectivity index (χ0n) is 7.18. The molecule has 1 saturated carbocycles. The van der Waals surface area contributed by atoms with Crippen molar-refractivity contribution in [1.29, 1.82) is 0 Å². The standard InChI is InChI=1S/C7H13O5P/c8-13(9,10)11-5-7-4-2-1-3-6(7)12-7/h6H,1-5H2,(H2,8,9,10). The molecule has 2 aliphatic rings. The van der Waals surface area contributed by atoms with Crippen molar-refractivity contribution in [2.75, 3.05) is 6.61 Å². The molecule has 2 atom stereocenters. The predicted octanol–water partition coefficient (Wildman–Crippen LogP) is 0.807. The number of ether oxygens (including phenoxy) is 1. The summed E-state index contributed by atoms with van der Waals surface area (Å²) in [4.78, 5) is 17.0. The lowest BCUT2D eigenvalue weighted by molar-refractivity contribution is 0.134. The lowest BCUT2D eigenvalue weighted by Crippen LogP contribution is -2.25. The Hall–Kier alpha value is 0.0700. The molecule has 6 heteroatoms. The van der Waals surface area contributed by atoms with Gasteiger partial charge in [0.1, 0.15) is 5.60 Å². The largest absolute Gasteiger partial charge is 0.469 e. The van der Waals surface area contributed by atoms with Crippen molar-refractivity contribution < 1.29 is 23.6 Å². The average Bonchev–Trinajstić information content (AvgIpc) is 2.74. The Kier molecular flexibility index (Phi) is 2.25. The van der Waals surface area contributed by atoms with Crippen molar-refractivity contribution in [1.82, 2.24) is 0 Å². The van der Waals surface area contributed by atoms with E-state index >= 15 is 0 Å². The molecule has 2 rings (SSSR count). The van der Waals surface area contributed by atoms with Gasteiger partial charge in [-0.3, -0.25) is 4.52 Å². The first kappa shape index (κ1) is 9.62. The lowest BCUT2D eigenvalue weighted by Gasteiger charge is -2.16. The van der Waals surface area contributed by atoms with Crippen LogP contribution in [0.15, 0.2) is 0 Å². The van der Waals surface area contributed by atoms with Crippen LogP contribution in [0.3, 0.4) is 0 Å². The fraction of sp³-hybridized carbons (Fsp3) is 1.00. The maximum Gasteiger partial charge on any atom is 0.469 e. The van der Waals surface area contributed by atoms with Crippen LogP contribution in [0.5, 0.6) is 0 Å². The fourth-order valence-corrected chi connectivity index (χ4v) is 2.32. The quantitative estimate of drug-likeness (QED) is 0.530. The van der Waals surface area contributed by atoms with E-state index in [-0.39, 0.29) is 18.3 Å². The maximum absolute atomic E-state index is 10.5. The third-order valence-corrected chi connectivity index (χ3v) is 3.17. The molecular weight excluding hydrogens is 195 g/mol. The van der Waals surface area contributed by atoms with Crippen molar-refractivity contribution >= 4 is 7.82 Å². The van der Waals surface area contributed by atoms with Crippen LogP contribution in [0.25, 0.3) is 0 Å². The minimum atomic E-state index is -4.33. The van der Waals surface area contributed by atoms with E-state index < -0.39 is 7.82 Å². The fourth-order valence-electron chi connectivity index (χ4n) is 1.94. The normalized spacial score (nSPS) is 38.5. The van der Waals surface area contributed by atoms with Gasteiger partial charge in [0.05, 0.1) is 12.7 Å². The third-order valence-electron chi connectivity index (χ3n) is 2.70. The minimum absolute atomic E-state index is 0.0297. The molecule has 2 fully saturated rings. The van der Waals surface area contributed by atoms with Crippen LogP contribution in [0, 0.1) is 0 Å². The Morgan fingerprint density at radius 3 is 2.92 bits per heavy atom. The maximum atomic E-state index is 10.5. The predicted molar refractivity (Wildman–Crippen MR) is 44.1 cm³/mol. The van der Waals surface area contributed by atoms with Crippen LogP contribution in [0.4, 0.5) is 0 Å². The summed E-state index contributed by atoms with van der Waals surface area (Å²) in [6.07, 6.45) is 4.22. The van der Waals surface area contributed by atoms with Gasteiger partial charge in [0.25, 0.3) is 0 Å². The average molecular weight is 208 g/mol. The number of phosphoric acid groups is 1. The summed E-state index contributed by atoms with van der Waals surface area (Å²) < 4.78 is 20.3. The van der Waals surface area contributed by atoms with Gasteiger partial charge in [-0.1, -0.05) is 12.8 Å². The first-order valence-electron chi connectivity index (χ1n) is 4.40. The first-order chi connectivity index (χ1) is 6.02. The summed E-state index contributed by atoms with van der Waals surface area (Å²) in [6.45, 7) is 0.0297. The molecule has 0 aromatic carbocycles. The van der Waals surface area contributed by atoms with Crippen molar-refractivity contribution in [3.05, 3.63) is 0 Å². The van der Waals surface area contributed by atoms with Gasteiger partial charge in [-0.05, 0) is 12.8 Å². The Morgan fingerprint density at radius 1 is 1.54 bits per heavy atom. The molecule has 1 saturated heterocycles. The summed E-state index contributed by atoms with van der Waals surface area (Å²) in [7, 11) is -4.33. The zero-order valence-corrected chi connectivity index (χ0v) is 8.07. The number of hydrogen-bond donors (Lipinski definition) is 2. The van der Waals surface area contributed by atoms with E-state index in [1.807, 2.05) is 0 Å². The smallest absolute Gasteiger partial charge is 0.364 e. The highest BCUT2D eigenvalue weighted by molar-refractivity contribution is 7.46. The number of rotatable bonds is 3. The summed E-state index contributed by atoms with van der Waals surface area (Å²) in [6, 6.07) is 0. The van der Waals surface area contributed by atoms with Crippen molar-refractivity contribution in [2.45, 2.75) is 37.4 Å². The number of hydrogen-bond acceptors (Lipinski definition) is 3. The van der Waals surface area contributed by atoms with Crippen LogP contribution < -0.4 is 0 Å². The SMILES string of the molecule is O=P(O)(O)OCC12CCCCC1O2. The monoisotopic (exact) mass is 208 g/mol. The molecule has 0 amide bonds. The molecule has 2 N–H and O–H groups in total. The van der Waals surface area contributed by atoms with Crippen LogP contribution in [0.2, 0.25) is 0 Å². The van der Waals surface area contributed by atoms with E-state index in [2.05, 4.69) is 4.52 Å².